The first-order chi connectivity index (χ1) is 7.24. The Hall–Kier alpha value is -0.940. The second kappa shape index (κ2) is 4.72. The van der Waals surface area contributed by atoms with Gasteiger partial charge in [0.2, 0.25) is 0 Å². The topological polar surface area (TPSA) is 37.8 Å². The number of nitrogens with zero attached hydrogens (tertiary/aromatic N) is 2. The highest BCUT2D eigenvalue weighted by atomic mass is 79.9. The van der Waals surface area contributed by atoms with E-state index in [1.807, 2.05) is 19.1 Å². The van der Waals surface area contributed by atoms with E-state index in [1.54, 1.807) is 17.7 Å². The Bertz CT molecular complexity index is 455. The van der Waals surface area contributed by atoms with Crippen LogP contribution in [0.3, 0.4) is 0 Å². The third-order valence-corrected chi connectivity index (χ3v) is 3.50. The summed E-state index contributed by atoms with van der Waals surface area (Å²) in [7, 11) is 0. The molecule has 2 rings (SSSR count). The summed E-state index contributed by atoms with van der Waals surface area (Å²) < 4.78 is 1.15. The monoisotopic (exact) mass is 283 g/mol. The van der Waals surface area contributed by atoms with Crippen LogP contribution in [-0.4, -0.2) is 9.97 Å². The second-order valence-corrected chi connectivity index (χ2v) is 5.65. The molecule has 3 nitrogen and oxygen atoms in total. The minimum atomic E-state index is 0.798. The third kappa shape index (κ3) is 3.00. The molecule has 0 saturated carbocycles. The zero-order valence-electron chi connectivity index (χ0n) is 8.20. The van der Waals surface area contributed by atoms with Crippen LogP contribution in [0.15, 0.2) is 28.3 Å². The maximum Gasteiger partial charge on any atom is 0.129 e. The SMILES string of the molecule is Cc1cc(NCc2ccc(Br)s2)ncn1. The van der Waals surface area contributed by atoms with Crippen LogP contribution in [0.5, 0.6) is 0 Å². The van der Waals surface area contributed by atoms with Crippen LogP contribution >= 0.6 is 27.3 Å². The highest BCUT2D eigenvalue weighted by molar-refractivity contribution is 9.11. The van der Waals surface area contributed by atoms with E-state index in [-0.39, 0.29) is 0 Å². The van der Waals surface area contributed by atoms with Gasteiger partial charge >= 0.3 is 0 Å². The van der Waals surface area contributed by atoms with Gasteiger partial charge in [-0.15, -0.1) is 11.3 Å². The molecule has 0 unspecified atom stereocenters. The van der Waals surface area contributed by atoms with Crippen molar-refractivity contribution in [3.05, 3.63) is 38.9 Å². The summed E-state index contributed by atoms with van der Waals surface area (Å²) in [4.78, 5) is 9.45. The number of hydrogen-bond donors (Lipinski definition) is 1. The molecular formula is C10H10BrN3S. The molecule has 0 aliphatic rings. The van der Waals surface area contributed by atoms with Crippen molar-refractivity contribution in [1.82, 2.24) is 9.97 Å². The highest BCUT2D eigenvalue weighted by Crippen LogP contribution is 2.22. The molecule has 0 fully saturated rings. The minimum Gasteiger partial charge on any atom is -0.365 e. The Morgan fingerprint density at radius 1 is 1.40 bits per heavy atom. The van der Waals surface area contributed by atoms with Crippen molar-refractivity contribution in [3.63, 3.8) is 0 Å². The van der Waals surface area contributed by atoms with Crippen molar-refractivity contribution in [1.29, 1.82) is 0 Å². The molecule has 78 valence electrons. The largest absolute Gasteiger partial charge is 0.365 e. The molecular weight excluding hydrogens is 274 g/mol. The highest BCUT2D eigenvalue weighted by Gasteiger charge is 1.98. The first kappa shape index (κ1) is 10.6. The van der Waals surface area contributed by atoms with E-state index in [2.05, 4.69) is 37.3 Å². The maximum atomic E-state index is 4.13. The number of aromatic nitrogens is 2. The van der Waals surface area contributed by atoms with Gasteiger partial charge in [-0.1, -0.05) is 0 Å². The Labute approximate surface area is 101 Å². The van der Waals surface area contributed by atoms with E-state index in [0.717, 1.165) is 21.8 Å². The fourth-order valence-electron chi connectivity index (χ4n) is 1.18. The fraction of sp³-hybridized carbons (Fsp3) is 0.200. The van der Waals surface area contributed by atoms with Crippen LogP contribution in [-0.2, 0) is 6.54 Å². The summed E-state index contributed by atoms with van der Waals surface area (Å²) in [5.41, 5.74) is 0.972. The average molecular weight is 284 g/mol. The van der Waals surface area contributed by atoms with Crippen molar-refractivity contribution in [2.45, 2.75) is 13.5 Å². The van der Waals surface area contributed by atoms with Gasteiger partial charge in [-0.2, -0.15) is 0 Å². The molecule has 2 aromatic heterocycles. The molecule has 0 saturated heterocycles. The summed E-state index contributed by atoms with van der Waals surface area (Å²) in [6, 6.07) is 6.07. The quantitative estimate of drug-likeness (QED) is 0.940. The Morgan fingerprint density at radius 3 is 2.93 bits per heavy atom. The van der Waals surface area contributed by atoms with Gasteiger partial charge in [0.05, 0.1) is 10.3 Å². The van der Waals surface area contributed by atoms with Crippen LogP contribution in [0.4, 0.5) is 5.82 Å². The Kier molecular flexibility index (Phi) is 3.33. The first-order valence-electron chi connectivity index (χ1n) is 4.51. The fourth-order valence-corrected chi connectivity index (χ4v) is 2.60. The number of aryl methyl sites for hydroxylation is 1. The molecule has 0 radical (unpaired) electrons. The van der Waals surface area contributed by atoms with Gasteiger partial charge < -0.3 is 5.32 Å². The van der Waals surface area contributed by atoms with Gasteiger partial charge in [-0.05, 0) is 35.0 Å². The molecule has 15 heavy (non-hydrogen) atoms. The number of hydrogen-bond acceptors (Lipinski definition) is 4. The van der Waals surface area contributed by atoms with Gasteiger partial charge in [0.1, 0.15) is 12.1 Å². The lowest BCUT2D eigenvalue weighted by atomic mass is 10.4. The van der Waals surface area contributed by atoms with Crippen molar-refractivity contribution >= 4 is 33.1 Å². The molecule has 0 spiro atoms. The number of halogens is 1. The molecule has 0 aliphatic carbocycles. The lowest BCUT2D eigenvalue weighted by molar-refractivity contribution is 1.06. The Morgan fingerprint density at radius 2 is 2.27 bits per heavy atom. The van der Waals surface area contributed by atoms with E-state index >= 15 is 0 Å². The number of nitrogens with one attached hydrogen (secondary N) is 1. The number of thiophene rings is 1. The normalized spacial score (nSPS) is 10.3. The molecule has 0 bridgehead atoms. The summed E-state index contributed by atoms with van der Waals surface area (Å²) in [6.07, 6.45) is 1.57. The maximum absolute atomic E-state index is 4.13. The van der Waals surface area contributed by atoms with Crippen LogP contribution in [0.25, 0.3) is 0 Å². The summed E-state index contributed by atoms with van der Waals surface area (Å²) >= 11 is 5.16. The van der Waals surface area contributed by atoms with Crippen molar-refractivity contribution < 1.29 is 0 Å². The summed E-state index contributed by atoms with van der Waals surface area (Å²) in [6.45, 7) is 2.75. The lowest BCUT2D eigenvalue weighted by Gasteiger charge is -2.03. The van der Waals surface area contributed by atoms with Gasteiger partial charge in [-0.25, -0.2) is 9.97 Å². The first-order valence-corrected chi connectivity index (χ1v) is 6.12. The zero-order chi connectivity index (χ0) is 10.7. The molecule has 1 N–H and O–H groups in total. The lowest BCUT2D eigenvalue weighted by Crippen LogP contribution is -2.00. The van der Waals surface area contributed by atoms with Crippen molar-refractivity contribution in [2.24, 2.45) is 0 Å². The predicted octanol–water partition coefficient (Wildman–Crippen LogP) is 3.22. The van der Waals surface area contributed by atoms with Gasteiger partial charge in [0.15, 0.2) is 0 Å². The van der Waals surface area contributed by atoms with E-state index < -0.39 is 0 Å². The molecule has 0 atom stereocenters. The smallest absolute Gasteiger partial charge is 0.129 e. The molecule has 2 aromatic rings. The van der Waals surface area contributed by atoms with E-state index in [0.29, 0.717) is 0 Å². The predicted molar refractivity (Wildman–Crippen MR) is 66.1 cm³/mol. The second-order valence-electron chi connectivity index (χ2n) is 3.10. The molecule has 0 amide bonds. The van der Waals surface area contributed by atoms with E-state index in [9.17, 15) is 0 Å². The van der Waals surface area contributed by atoms with Crippen LogP contribution in [0, 0.1) is 6.92 Å². The van der Waals surface area contributed by atoms with E-state index in [4.69, 9.17) is 0 Å². The molecule has 2 heterocycles. The van der Waals surface area contributed by atoms with Crippen molar-refractivity contribution in [2.75, 3.05) is 5.32 Å². The molecule has 0 aromatic carbocycles. The number of anilines is 1. The molecule has 5 heteroatoms. The van der Waals surface area contributed by atoms with Crippen LogP contribution in [0.1, 0.15) is 10.6 Å². The van der Waals surface area contributed by atoms with Gasteiger partial charge in [0.25, 0.3) is 0 Å². The zero-order valence-corrected chi connectivity index (χ0v) is 10.6. The molecule has 0 aliphatic heterocycles. The minimum absolute atomic E-state index is 0.798. The standard InChI is InChI=1S/C10H10BrN3S/c1-7-4-10(14-6-13-7)12-5-8-2-3-9(11)15-8/h2-4,6H,5H2,1H3,(H,12,13,14). The summed E-state index contributed by atoms with van der Waals surface area (Å²) in [5.74, 6) is 0.868. The third-order valence-electron chi connectivity index (χ3n) is 1.88. The van der Waals surface area contributed by atoms with Crippen LogP contribution in [0.2, 0.25) is 0 Å². The number of rotatable bonds is 3. The average Bonchev–Trinajstić information content (AvgIpc) is 2.62. The summed E-state index contributed by atoms with van der Waals surface area (Å²) in [5, 5.41) is 3.25. The van der Waals surface area contributed by atoms with Crippen molar-refractivity contribution in [3.8, 4) is 0 Å². The van der Waals surface area contributed by atoms with E-state index in [1.165, 1.54) is 4.88 Å². The Balaban J connectivity index is 1.99. The van der Waals surface area contributed by atoms with Gasteiger partial charge in [-0.3, -0.25) is 0 Å². The van der Waals surface area contributed by atoms with Crippen LogP contribution < -0.4 is 5.32 Å². The van der Waals surface area contributed by atoms with Gasteiger partial charge in [0, 0.05) is 16.6 Å².